The summed E-state index contributed by atoms with van der Waals surface area (Å²) in [6, 6.07) is 13.2. The molecule has 2 aromatic rings. The van der Waals surface area contributed by atoms with Crippen LogP contribution >= 0.6 is 11.9 Å². The second-order valence-corrected chi connectivity index (χ2v) is 8.62. The van der Waals surface area contributed by atoms with Gasteiger partial charge in [0.2, 0.25) is 0 Å². The van der Waals surface area contributed by atoms with Gasteiger partial charge in [-0.2, -0.15) is 0 Å². The van der Waals surface area contributed by atoms with Crippen LogP contribution in [-0.4, -0.2) is 45.3 Å². The van der Waals surface area contributed by atoms with Crippen molar-refractivity contribution in [3.05, 3.63) is 53.6 Å². The van der Waals surface area contributed by atoms with Crippen LogP contribution in [0.4, 0.5) is 5.69 Å². The van der Waals surface area contributed by atoms with Gasteiger partial charge in [-0.15, -0.1) is 0 Å². The fraction of sp³-hybridized carbons (Fsp3) is 0.364. The van der Waals surface area contributed by atoms with Gasteiger partial charge in [0.25, 0.3) is 0 Å². The molecule has 0 bridgehead atoms. The van der Waals surface area contributed by atoms with Crippen molar-refractivity contribution in [3.63, 3.8) is 0 Å². The van der Waals surface area contributed by atoms with Gasteiger partial charge in [0.15, 0.2) is 0 Å². The molecule has 0 aromatic heterocycles. The number of benzene rings is 2. The SMILES string of the molecule is CCC1CN(Sc2ccc(O)cc2)CC1Nc1cc(C)ccc1C(=N)CC(=O)O. The van der Waals surface area contributed by atoms with Crippen molar-refractivity contribution in [1.29, 1.82) is 5.41 Å². The Labute approximate surface area is 175 Å². The van der Waals surface area contributed by atoms with Crippen LogP contribution in [-0.2, 0) is 4.79 Å². The summed E-state index contributed by atoms with van der Waals surface area (Å²) in [6.07, 6.45) is 0.737. The van der Waals surface area contributed by atoms with E-state index in [0.717, 1.165) is 35.7 Å². The van der Waals surface area contributed by atoms with E-state index in [1.165, 1.54) is 0 Å². The number of aromatic hydroxyl groups is 1. The minimum Gasteiger partial charge on any atom is -0.508 e. The third-order valence-corrected chi connectivity index (χ3v) is 6.21. The smallest absolute Gasteiger partial charge is 0.309 e. The molecular formula is C22H27N3O3S. The summed E-state index contributed by atoms with van der Waals surface area (Å²) in [5.41, 5.74) is 2.66. The first-order valence-electron chi connectivity index (χ1n) is 9.74. The van der Waals surface area contributed by atoms with Gasteiger partial charge in [-0.05, 0) is 60.7 Å². The van der Waals surface area contributed by atoms with Crippen molar-refractivity contribution < 1.29 is 15.0 Å². The van der Waals surface area contributed by atoms with E-state index in [1.54, 1.807) is 24.1 Å². The van der Waals surface area contributed by atoms with Gasteiger partial charge in [-0.25, -0.2) is 4.31 Å². The highest BCUT2D eigenvalue weighted by Gasteiger charge is 2.32. The maximum absolute atomic E-state index is 11.1. The van der Waals surface area contributed by atoms with Crippen molar-refractivity contribution in [2.75, 3.05) is 18.4 Å². The molecule has 154 valence electrons. The average Bonchev–Trinajstić information content (AvgIpc) is 3.04. The number of carbonyl (C=O) groups is 1. The zero-order valence-electron chi connectivity index (χ0n) is 16.7. The standard InChI is InChI=1S/C22H27N3O3S/c1-3-15-12-25(29-17-7-5-16(26)6-8-17)13-21(15)24-20-10-14(2)4-9-18(20)19(23)11-22(27)28/h4-10,15,21,23-24,26H,3,11-13H2,1-2H3,(H,27,28). The number of phenolic OH excluding ortho intramolecular Hbond substituents is 1. The van der Waals surface area contributed by atoms with Gasteiger partial charge in [0.05, 0.1) is 12.1 Å². The number of rotatable bonds is 8. The maximum atomic E-state index is 11.1. The first-order valence-corrected chi connectivity index (χ1v) is 10.5. The highest BCUT2D eigenvalue weighted by Crippen LogP contribution is 2.33. The largest absolute Gasteiger partial charge is 0.508 e. The minimum atomic E-state index is -0.995. The molecule has 1 saturated heterocycles. The lowest BCUT2D eigenvalue weighted by molar-refractivity contribution is -0.135. The lowest BCUT2D eigenvalue weighted by Crippen LogP contribution is -2.29. The van der Waals surface area contributed by atoms with Gasteiger partial charge in [0, 0.05) is 35.3 Å². The summed E-state index contributed by atoms with van der Waals surface area (Å²) < 4.78 is 2.32. The number of phenols is 1. The van der Waals surface area contributed by atoms with E-state index < -0.39 is 5.97 Å². The second-order valence-electron chi connectivity index (χ2n) is 7.45. The van der Waals surface area contributed by atoms with Gasteiger partial charge < -0.3 is 20.9 Å². The molecule has 4 N–H and O–H groups in total. The Balaban J connectivity index is 1.74. The number of nitrogens with zero attached hydrogens (tertiary/aromatic N) is 1. The first kappa shape index (κ1) is 21.2. The molecule has 1 aliphatic heterocycles. The van der Waals surface area contributed by atoms with Gasteiger partial charge in [-0.1, -0.05) is 25.5 Å². The Morgan fingerprint density at radius 3 is 2.62 bits per heavy atom. The third kappa shape index (κ3) is 5.52. The van der Waals surface area contributed by atoms with E-state index in [-0.39, 0.29) is 23.9 Å². The lowest BCUT2D eigenvalue weighted by Gasteiger charge is -2.22. The molecule has 7 heteroatoms. The van der Waals surface area contributed by atoms with Crippen LogP contribution in [0.1, 0.15) is 30.9 Å². The summed E-state index contributed by atoms with van der Waals surface area (Å²) >= 11 is 1.68. The van der Waals surface area contributed by atoms with Crippen LogP contribution in [0.2, 0.25) is 0 Å². The molecule has 29 heavy (non-hydrogen) atoms. The molecule has 0 saturated carbocycles. The van der Waals surface area contributed by atoms with Crippen molar-refractivity contribution >= 4 is 29.3 Å². The Morgan fingerprint density at radius 1 is 1.24 bits per heavy atom. The molecule has 0 radical (unpaired) electrons. The van der Waals surface area contributed by atoms with Crippen molar-refractivity contribution in [2.45, 2.75) is 37.6 Å². The van der Waals surface area contributed by atoms with Crippen LogP contribution in [0.15, 0.2) is 47.4 Å². The number of aryl methyl sites for hydroxylation is 1. The van der Waals surface area contributed by atoms with Crippen LogP contribution in [0.25, 0.3) is 0 Å². The molecule has 2 aromatic carbocycles. The molecule has 2 unspecified atom stereocenters. The predicted octanol–water partition coefficient (Wildman–Crippen LogP) is 4.37. The fourth-order valence-electron chi connectivity index (χ4n) is 3.63. The monoisotopic (exact) mass is 413 g/mol. The number of aliphatic carboxylic acids is 1. The highest BCUT2D eigenvalue weighted by atomic mass is 32.2. The molecule has 0 spiro atoms. The number of hydrogen-bond donors (Lipinski definition) is 4. The number of anilines is 1. The molecule has 1 fully saturated rings. The fourth-order valence-corrected chi connectivity index (χ4v) is 4.68. The summed E-state index contributed by atoms with van der Waals surface area (Å²) in [6.45, 7) is 5.95. The molecular weight excluding hydrogens is 386 g/mol. The van der Waals surface area contributed by atoms with E-state index in [9.17, 15) is 9.90 Å². The molecule has 6 nitrogen and oxygen atoms in total. The summed E-state index contributed by atoms with van der Waals surface area (Å²) in [5.74, 6) is -0.288. The average molecular weight is 414 g/mol. The predicted molar refractivity (Wildman–Crippen MR) is 117 cm³/mol. The molecule has 3 rings (SSSR count). The van der Waals surface area contributed by atoms with Crippen molar-refractivity contribution in [1.82, 2.24) is 4.31 Å². The number of hydrogen-bond acceptors (Lipinski definition) is 6. The van der Waals surface area contributed by atoms with E-state index >= 15 is 0 Å². The summed E-state index contributed by atoms with van der Waals surface area (Å²) in [7, 11) is 0. The minimum absolute atomic E-state index is 0.112. The molecule has 0 aliphatic carbocycles. The third-order valence-electron chi connectivity index (χ3n) is 5.17. The lowest BCUT2D eigenvalue weighted by atomic mass is 9.98. The van der Waals surface area contributed by atoms with E-state index in [0.29, 0.717) is 11.5 Å². The maximum Gasteiger partial charge on any atom is 0.309 e. The highest BCUT2D eigenvalue weighted by molar-refractivity contribution is 7.97. The van der Waals surface area contributed by atoms with Crippen molar-refractivity contribution in [2.24, 2.45) is 5.92 Å². The van der Waals surface area contributed by atoms with E-state index in [2.05, 4.69) is 16.5 Å². The second kappa shape index (κ2) is 9.33. The van der Waals surface area contributed by atoms with E-state index in [1.807, 2.05) is 37.3 Å². The summed E-state index contributed by atoms with van der Waals surface area (Å²) in [4.78, 5) is 12.1. The van der Waals surface area contributed by atoms with Crippen LogP contribution in [0.5, 0.6) is 5.75 Å². The van der Waals surface area contributed by atoms with Crippen LogP contribution in [0.3, 0.4) is 0 Å². The number of carboxylic acid groups (broad SMARTS) is 1. The molecule has 1 heterocycles. The number of nitrogens with one attached hydrogen (secondary N) is 2. The molecule has 0 amide bonds. The number of carboxylic acids is 1. The zero-order valence-corrected chi connectivity index (χ0v) is 17.5. The Bertz CT molecular complexity index is 885. The Kier molecular flexibility index (Phi) is 6.82. The molecule has 1 aliphatic rings. The summed E-state index contributed by atoms with van der Waals surface area (Å²) in [5, 5.41) is 30.3. The van der Waals surface area contributed by atoms with Gasteiger partial charge in [0.1, 0.15) is 5.75 Å². The zero-order chi connectivity index (χ0) is 21.0. The van der Waals surface area contributed by atoms with Crippen molar-refractivity contribution in [3.8, 4) is 5.75 Å². The van der Waals surface area contributed by atoms with Crippen LogP contribution < -0.4 is 5.32 Å². The quantitative estimate of drug-likeness (QED) is 0.379. The normalized spacial score (nSPS) is 19.2. The molecule has 2 atom stereocenters. The van der Waals surface area contributed by atoms with Gasteiger partial charge in [-0.3, -0.25) is 4.79 Å². The topological polar surface area (TPSA) is 96.7 Å². The Hall–Kier alpha value is -2.51. The van der Waals surface area contributed by atoms with Crippen LogP contribution in [0, 0.1) is 18.3 Å². The van der Waals surface area contributed by atoms with E-state index in [4.69, 9.17) is 10.5 Å². The van der Waals surface area contributed by atoms with Gasteiger partial charge >= 0.3 is 5.97 Å². The first-order chi connectivity index (χ1) is 13.9. The Morgan fingerprint density at radius 2 is 1.97 bits per heavy atom.